The minimum atomic E-state index is -0.370. The highest BCUT2D eigenvalue weighted by Gasteiger charge is 2.43. The SMILES string of the molecule is CC1(c2ccc(Br)cc2F)CO1. The van der Waals surface area contributed by atoms with E-state index in [2.05, 4.69) is 15.9 Å². The van der Waals surface area contributed by atoms with Gasteiger partial charge >= 0.3 is 0 Å². The summed E-state index contributed by atoms with van der Waals surface area (Å²) in [5.41, 5.74) is 0.274. The summed E-state index contributed by atoms with van der Waals surface area (Å²) in [6, 6.07) is 5.04. The van der Waals surface area contributed by atoms with Crippen molar-refractivity contribution in [2.75, 3.05) is 6.61 Å². The lowest BCUT2D eigenvalue weighted by molar-refractivity contribution is 0.321. The van der Waals surface area contributed by atoms with Crippen LogP contribution in [0.5, 0.6) is 0 Å². The fourth-order valence-corrected chi connectivity index (χ4v) is 1.52. The van der Waals surface area contributed by atoms with E-state index in [-0.39, 0.29) is 11.4 Å². The molecular weight excluding hydrogens is 223 g/mol. The molecule has 64 valence electrons. The van der Waals surface area contributed by atoms with Gasteiger partial charge in [-0.3, -0.25) is 0 Å². The first kappa shape index (κ1) is 8.20. The van der Waals surface area contributed by atoms with Crippen LogP contribution in [0.1, 0.15) is 12.5 Å². The molecule has 3 heteroatoms. The van der Waals surface area contributed by atoms with E-state index in [9.17, 15) is 4.39 Å². The minimum absolute atomic E-state index is 0.204. The summed E-state index contributed by atoms with van der Waals surface area (Å²) in [6.07, 6.45) is 0. The molecule has 1 unspecified atom stereocenters. The Morgan fingerprint density at radius 3 is 2.75 bits per heavy atom. The fourth-order valence-electron chi connectivity index (χ4n) is 1.18. The molecular formula is C9H8BrFO. The predicted octanol–water partition coefficient (Wildman–Crippen LogP) is 2.83. The van der Waals surface area contributed by atoms with Gasteiger partial charge in [-0.1, -0.05) is 22.0 Å². The molecule has 1 fully saturated rings. The van der Waals surface area contributed by atoms with Gasteiger partial charge in [0.25, 0.3) is 0 Å². The summed E-state index contributed by atoms with van der Waals surface area (Å²) >= 11 is 3.20. The van der Waals surface area contributed by atoms with Crippen molar-refractivity contribution >= 4 is 15.9 Å². The van der Waals surface area contributed by atoms with Crippen molar-refractivity contribution in [3.05, 3.63) is 34.1 Å². The van der Waals surface area contributed by atoms with E-state index in [0.717, 1.165) is 4.47 Å². The molecule has 0 saturated carbocycles. The molecule has 0 spiro atoms. The molecule has 0 aromatic heterocycles. The van der Waals surface area contributed by atoms with Crippen LogP contribution in [-0.4, -0.2) is 6.61 Å². The van der Waals surface area contributed by atoms with Crippen LogP contribution in [0.2, 0.25) is 0 Å². The summed E-state index contributed by atoms with van der Waals surface area (Å²) in [5.74, 6) is -0.204. The van der Waals surface area contributed by atoms with Gasteiger partial charge in [0.15, 0.2) is 0 Å². The van der Waals surface area contributed by atoms with Gasteiger partial charge in [-0.2, -0.15) is 0 Å². The fraction of sp³-hybridized carbons (Fsp3) is 0.333. The lowest BCUT2D eigenvalue weighted by Crippen LogP contribution is -2.04. The molecule has 1 aromatic carbocycles. The van der Waals surface area contributed by atoms with Gasteiger partial charge < -0.3 is 4.74 Å². The average molecular weight is 231 g/mol. The standard InChI is InChI=1S/C9H8BrFO/c1-9(5-12-9)7-3-2-6(10)4-8(7)11/h2-4H,5H2,1H3. The number of benzene rings is 1. The number of epoxide rings is 1. The van der Waals surface area contributed by atoms with Crippen LogP contribution in [0, 0.1) is 5.82 Å². The maximum Gasteiger partial charge on any atom is 0.130 e. The Morgan fingerprint density at radius 2 is 2.25 bits per heavy atom. The van der Waals surface area contributed by atoms with E-state index in [0.29, 0.717) is 12.2 Å². The van der Waals surface area contributed by atoms with Crippen molar-refractivity contribution < 1.29 is 9.13 Å². The second kappa shape index (κ2) is 2.54. The first-order valence-electron chi connectivity index (χ1n) is 3.71. The van der Waals surface area contributed by atoms with Crippen LogP contribution >= 0.6 is 15.9 Å². The highest BCUT2D eigenvalue weighted by molar-refractivity contribution is 9.10. The monoisotopic (exact) mass is 230 g/mol. The van der Waals surface area contributed by atoms with Gasteiger partial charge in [-0.25, -0.2) is 4.39 Å². The number of ether oxygens (including phenoxy) is 1. The summed E-state index contributed by atoms with van der Waals surface area (Å²) in [5, 5.41) is 0. The normalized spacial score (nSPS) is 27.2. The number of halogens is 2. The lowest BCUT2D eigenvalue weighted by atomic mass is 10.0. The quantitative estimate of drug-likeness (QED) is 0.677. The average Bonchev–Trinajstić information content (AvgIpc) is 2.68. The Morgan fingerprint density at radius 1 is 1.58 bits per heavy atom. The number of hydrogen-bond donors (Lipinski definition) is 0. The molecule has 1 aliphatic heterocycles. The van der Waals surface area contributed by atoms with Gasteiger partial charge in [0, 0.05) is 10.0 Å². The topological polar surface area (TPSA) is 12.5 Å². The summed E-state index contributed by atoms with van der Waals surface area (Å²) < 4.78 is 19.2. The van der Waals surface area contributed by atoms with E-state index < -0.39 is 0 Å². The maximum absolute atomic E-state index is 13.3. The van der Waals surface area contributed by atoms with Crippen molar-refractivity contribution in [2.24, 2.45) is 0 Å². The summed E-state index contributed by atoms with van der Waals surface area (Å²) in [7, 11) is 0. The van der Waals surface area contributed by atoms with Crippen molar-refractivity contribution in [1.29, 1.82) is 0 Å². The maximum atomic E-state index is 13.3. The first-order chi connectivity index (χ1) is 5.62. The second-order valence-electron chi connectivity index (χ2n) is 3.14. The van der Waals surface area contributed by atoms with Crippen molar-refractivity contribution in [3.8, 4) is 0 Å². The lowest BCUT2D eigenvalue weighted by Gasteiger charge is -2.06. The van der Waals surface area contributed by atoms with Crippen LogP contribution in [-0.2, 0) is 10.3 Å². The van der Waals surface area contributed by atoms with Gasteiger partial charge in [0.2, 0.25) is 0 Å². The molecule has 0 aliphatic carbocycles. The molecule has 1 saturated heterocycles. The molecule has 1 heterocycles. The minimum Gasteiger partial charge on any atom is -0.365 e. The van der Waals surface area contributed by atoms with Crippen LogP contribution in [0.15, 0.2) is 22.7 Å². The first-order valence-corrected chi connectivity index (χ1v) is 4.51. The third kappa shape index (κ3) is 1.27. The largest absolute Gasteiger partial charge is 0.365 e. The van der Waals surface area contributed by atoms with E-state index in [1.807, 2.05) is 13.0 Å². The zero-order valence-corrected chi connectivity index (χ0v) is 8.19. The second-order valence-corrected chi connectivity index (χ2v) is 4.06. The molecule has 1 nitrogen and oxygen atoms in total. The van der Waals surface area contributed by atoms with Crippen LogP contribution in [0.4, 0.5) is 4.39 Å². The number of rotatable bonds is 1. The molecule has 0 radical (unpaired) electrons. The zero-order valence-electron chi connectivity index (χ0n) is 6.60. The van der Waals surface area contributed by atoms with Crippen molar-refractivity contribution in [3.63, 3.8) is 0 Å². The third-order valence-electron chi connectivity index (χ3n) is 2.08. The zero-order chi connectivity index (χ0) is 8.77. The highest BCUT2D eigenvalue weighted by Crippen LogP contribution is 2.39. The Balaban J connectivity index is 2.45. The predicted molar refractivity (Wildman–Crippen MR) is 47.4 cm³/mol. The van der Waals surface area contributed by atoms with Crippen LogP contribution in [0.3, 0.4) is 0 Å². The van der Waals surface area contributed by atoms with Gasteiger partial charge in [0.1, 0.15) is 11.4 Å². The third-order valence-corrected chi connectivity index (χ3v) is 2.57. The smallest absolute Gasteiger partial charge is 0.130 e. The Bertz CT molecular complexity index is 320. The van der Waals surface area contributed by atoms with Crippen molar-refractivity contribution in [1.82, 2.24) is 0 Å². The van der Waals surface area contributed by atoms with E-state index in [1.54, 1.807) is 6.07 Å². The Labute approximate surface area is 78.7 Å². The molecule has 1 aliphatic rings. The Kier molecular flexibility index (Phi) is 1.73. The molecule has 1 atom stereocenters. The van der Waals surface area contributed by atoms with Gasteiger partial charge in [-0.05, 0) is 19.1 Å². The van der Waals surface area contributed by atoms with Crippen molar-refractivity contribution in [2.45, 2.75) is 12.5 Å². The molecule has 0 bridgehead atoms. The summed E-state index contributed by atoms with van der Waals surface area (Å²) in [6.45, 7) is 2.50. The van der Waals surface area contributed by atoms with Crippen LogP contribution in [0.25, 0.3) is 0 Å². The van der Waals surface area contributed by atoms with E-state index in [4.69, 9.17) is 4.74 Å². The molecule has 2 rings (SSSR count). The molecule has 0 amide bonds. The number of hydrogen-bond acceptors (Lipinski definition) is 1. The molecule has 0 N–H and O–H groups in total. The summed E-state index contributed by atoms with van der Waals surface area (Å²) in [4.78, 5) is 0. The van der Waals surface area contributed by atoms with Crippen LogP contribution < -0.4 is 0 Å². The highest BCUT2D eigenvalue weighted by atomic mass is 79.9. The molecule has 1 aromatic rings. The molecule has 12 heavy (non-hydrogen) atoms. The Hall–Kier alpha value is -0.410. The van der Waals surface area contributed by atoms with E-state index in [1.165, 1.54) is 6.07 Å². The van der Waals surface area contributed by atoms with Gasteiger partial charge in [-0.15, -0.1) is 0 Å². The van der Waals surface area contributed by atoms with Gasteiger partial charge in [0.05, 0.1) is 6.61 Å². The van der Waals surface area contributed by atoms with E-state index >= 15 is 0 Å².